The van der Waals surface area contributed by atoms with Gasteiger partial charge in [-0.05, 0) is 12.8 Å². The quantitative estimate of drug-likeness (QED) is 0.0868. The van der Waals surface area contributed by atoms with Crippen LogP contribution in [0.1, 0.15) is 84.0 Å². The second-order valence-corrected chi connectivity index (χ2v) is 10.1. The summed E-state index contributed by atoms with van der Waals surface area (Å²) in [5.74, 6) is 0. The highest BCUT2D eigenvalue weighted by Gasteiger charge is 2.20. The molecule has 208 valence electrons. The summed E-state index contributed by atoms with van der Waals surface area (Å²) in [7, 11) is -1.34. The molecule has 0 saturated heterocycles. The topological polar surface area (TPSA) is 125 Å². The lowest BCUT2D eigenvalue weighted by molar-refractivity contribution is -0.910. The summed E-state index contributed by atoms with van der Waals surface area (Å²) in [4.78, 5) is 0. The van der Waals surface area contributed by atoms with Crippen LogP contribution < -0.4 is 0 Å². The summed E-state index contributed by atoms with van der Waals surface area (Å²) in [6.07, 6.45) is 16.5. The van der Waals surface area contributed by atoms with Gasteiger partial charge in [0.1, 0.15) is 13.1 Å². The number of rotatable bonds is 24. The summed E-state index contributed by atoms with van der Waals surface area (Å²) < 4.78 is 42.9. The number of aliphatic hydroxyl groups excluding tert-OH is 2. The highest BCUT2D eigenvalue weighted by molar-refractivity contribution is 7.80. The van der Waals surface area contributed by atoms with Crippen LogP contribution >= 0.6 is 0 Å². The lowest BCUT2D eigenvalue weighted by Crippen LogP contribution is -2.49. The van der Waals surface area contributed by atoms with Crippen molar-refractivity contribution in [3.8, 4) is 0 Å². The molecule has 0 aliphatic carbocycles. The maximum atomic E-state index is 9.22. The molecule has 0 radical (unpaired) electrons. The van der Waals surface area contributed by atoms with Crippen LogP contribution in [0.5, 0.6) is 0 Å². The van der Waals surface area contributed by atoms with Gasteiger partial charge in [-0.2, -0.15) is 0 Å². The van der Waals surface area contributed by atoms with Crippen molar-refractivity contribution >= 4 is 10.4 Å². The Hall–Kier alpha value is -0.330. The first-order valence-electron chi connectivity index (χ1n) is 13.0. The fourth-order valence-electron chi connectivity index (χ4n) is 3.57. The Kier molecular flexibility index (Phi) is 27.1. The van der Waals surface area contributed by atoms with Crippen LogP contribution in [-0.2, 0) is 24.1 Å². The van der Waals surface area contributed by atoms with E-state index < -0.39 is 10.4 Å². The van der Waals surface area contributed by atoms with Gasteiger partial charge in [0.15, 0.2) is 0 Å². The monoisotopic (exact) mass is 515 g/mol. The molecule has 0 aliphatic rings. The molecule has 0 rings (SSSR count). The molecular formula is C24H53NO8S. The Morgan fingerprint density at radius 2 is 1.03 bits per heavy atom. The van der Waals surface area contributed by atoms with Crippen molar-refractivity contribution in [2.45, 2.75) is 84.0 Å². The minimum Gasteiger partial charge on any atom is -0.726 e. The van der Waals surface area contributed by atoms with Gasteiger partial charge in [0.25, 0.3) is 0 Å². The standard InChI is InChI=1S/C23H50NO4.CH4O4S/c1-3-4-5-6-7-8-9-10-11-12-13-14-15-24(2,16-20-27-22-18-25)17-21-28-23-19-26;1-5-6(2,3)4/h25-26H,3-23H2,1-2H3;1H3,(H,2,3,4)/q+1;/p-1. The number of unbranched alkanes of at least 4 members (excludes halogenated alkanes) is 11. The molecular weight excluding hydrogens is 462 g/mol. The minimum atomic E-state index is -4.41. The maximum Gasteiger partial charge on any atom is 0.217 e. The van der Waals surface area contributed by atoms with Crippen molar-refractivity contribution in [3.05, 3.63) is 0 Å². The Labute approximate surface area is 209 Å². The fourth-order valence-corrected chi connectivity index (χ4v) is 3.57. The second kappa shape index (κ2) is 25.8. The smallest absolute Gasteiger partial charge is 0.217 e. The molecule has 9 nitrogen and oxygen atoms in total. The van der Waals surface area contributed by atoms with E-state index in [9.17, 15) is 13.0 Å². The lowest BCUT2D eigenvalue weighted by Gasteiger charge is -2.34. The third-order valence-corrected chi connectivity index (χ3v) is 6.19. The number of nitrogens with zero attached hydrogens (tertiary/aromatic N) is 1. The number of hydrogen-bond acceptors (Lipinski definition) is 8. The van der Waals surface area contributed by atoms with Gasteiger partial charge in [0, 0.05) is 0 Å². The van der Waals surface area contributed by atoms with Crippen molar-refractivity contribution in [2.24, 2.45) is 0 Å². The van der Waals surface area contributed by atoms with E-state index >= 15 is 0 Å². The number of aliphatic hydroxyl groups is 2. The summed E-state index contributed by atoms with van der Waals surface area (Å²) in [5.41, 5.74) is 0. The molecule has 0 amide bonds. The van der Waals surface area contributed by atoms with E-state index in [0.717, 1.165) is 31.2 Å². The van der Waals surface area contributed by atoms with Crippen molar-refractivity contribution in [3.63, 3.8) is 0 Å². The maximum absolute atomic E-state index is 9.22. The lowest BCUT2D eigenvalue weighted by atomic mass is 10.1. The third kappa shape index (κ3) is 29.7. The largest absolute Gasteiger partial charge is 0.726 e. The fraction of sp³-hybridized carbons (Fsp3) is 1.00. The van der Waals surface area contributed by atoms with Crippen LogP contribution in [0.3, 0.4) is 0 Å². The van der Waals surface area contributed by atoms with E-state index in [4.69, 9.17) is 19.7 Å². The number of quaternary nitrogens is 1. The number of ether oxygens (including phenoxy) is 2. The molecule has 2 N–H and O–H groups in total. The molecule has 0 unspecified atom stereocenters. The van der Waals surface area contributed by atoms with Gasteiger partial charge >= 0.3 is 0 Å². The van der Waals surface area contributed by atoms with Crippen LogP contribution in [0.4, 0.5) is 0 Å². The van der Waals surface area contributed by atoms with Crippen LogP contribution in [-0.4, -0.2) is 101 Å². The van der Waals surface area contributed by atoms with E-state index in [1.54, 1.807) is 0 Å². The molecule has 0 bridgehead atoms. The summed E-state index contributed by atoms with van der Waals surface area (Å²) in [5, 5.41) is 17.7. The molecule has 0 spiro atoms. The van der Waals surface area contributed by atoms with Gasteiger partial charge in [-0.25, -0.2) is 8.42 Å². The van der Waals surface area contributed by atoms with Crippen molar-refractivity contribution in [1.82, 2.24) is 0 Å². The zero-order chi connectivity index (χ0) is 26.0. The Bertz CT molecular complexity index is 493. The van der Waals surface area contributed by atoms with E-state index in [1.807, 2.05) is 0 Å². The summed E-state index contributed by atoms with van der Waals surface area (Å²) in [6, 6.07) is 0. The Morgan fingerprint density at radius 1 is 0.676 bits per heavy atom. The first-order valence-corrected chi connectivity index (χ1v) is 14.3. The highest BCUT2D eigenvalue weighted by Crippen LogP contribution is 2.13. The molecule has 0 aromatic rings. The zero-order valence-electron chi connectivity index (χ0n) is 22.0. The average molecular weight is 516 g/mol. The SMILES string of the molecule is CCCCCCCCCCCCCC[N+](C)(CCOCCO)CCOCCO.COS(=O)(=O)[O-]. The van der Waals surface area contributed by atoms with Crippen molar-refractivity contribution in [2.75, 3.05) is 73.4 Å². The molecule has 0 atom stereocenters. The Balaban J connectivity index is 0. The van der Waals surface area contributed by atoms with E-state index in [0.29, 0.717) is 26.4 Å². The number of hydrogen-bond donors (Lipinski definition) is 2. The minimum absolute atomic E-state index is 0.0854. The predicted molar refractivity (Wildman–Crippen MR) is 134 cm³/mol. The molecule has 34 heavy (non-hydrogen) atoms. The molecule has 0 heterocycles. The van der Waals surface area contributed by atoms with Crippen molar-refractivity contribution in [1.29, 1.82) is 0 Å². The molecule has 0 aliphatic heterocycles. The van der Waals surface area contributed by atoms with Gasteiger partial charge in [0.2, 0.25) is 10.4 Å². The Morgan fingerprint density at radius 3 is 1.35 bits per heavy atom. The summed E-state index contributed by atoms with van der Waals surface area (Å²) in [6.45, 7) is 7.66. The average Bonchev–Trinajstić information content (AvgIpc) is 2.80. The molecule has 0 fully saturated rings. The number of likely N-dealkylation sites (N-methyl/N-ethyl adjacent to an activating group) is 1. The molecule has 0 aromatic heterocycles. The van der Waals surface area contributed by atoms with Crippen LogP contribution in [0, 0.1) is 0 Å². The molecule has 0 saturated carbocycles. The van der Waals surface area contributed by atoms with Crippen LogP contribution in [0.25, 0.3) is 0 Å². The zero-order valence-corrected chi connectivity index (χ0v) is 22.9. The second-order valence-electron chi connectivity index (χ2n) is 8.93. The molecule has 0 aromatic carbocycles. The van der Waals surface area contributed by atoms with Crippen LogP contribution in [0.15, 0.2) is 0 Å². The van der Waals surface area contributed by atoms with E-state index in [1.165, 1.54) is 77.0 Å². The first-order chi connectivity index (χ1) is 16.2. The summed E-state index contributed by atoms with van der Waals surface area (Å²) >= 11 is 0. The normalized spacial score (nSPS) is 11.9. The van der Waals surface area contributed by atoms with Gasteiger partial charge in [0.05, 0.1) is 60.3 Å². The van der Waals surface area contributed by atoms with Gasteiger partial charge < -0.3 is 28.7 Å². The van der Waals surface area contributed by atoms with E-state index in [-0.39, 0.29) is 13.2 Å². The van der Waals surface area contributed by atoms with E-state index in [2.05, 4.69) is 18.2 Å². The van der Waals surface area contributed by atoms with Gasteiger partial charge in [-0.15, -0.1) is 0 Å². The molecule has 10 heteroatoms. The predicted octanol–water partition coefficient (Wildman–Crippen LogP) is 3.24. The van der Waals surface area contributed by atoms with Crippen molar-refractivity contribution < 1.29 is 41.3 Å². The van der Waals surface area contributed by atoms with Crippen LogP contribution in [0.2, 0.25) is 0 Å². The van der Waals surface area contributed by atoms with Gasteiger partial charge in [-0.1, -0.05) is 71.1 Å². The first kappa shape index (κ1) is 35.8. The van der Waals surface area contributed by atoms with Gasteiger partial charge in [-0.3, -0.25) is 4.18 Å². The highest BCUT2D eigenvalue weighted by atomic mass is 32.3. The third-order valence-electron chi connectivity index (χ3n) is 5.78.